The Morgan fingerprint density at radius 1 is 1.61 bits per heavy atom. The van der Waals surface area contributed by atoms with E-state index >= 15 is 0 Å². The minimum Gasteiger partial charge on any atom is -0.480 e. The van der Waals surface area contributed by atoms with Gasteiger partial charge in [-0.3, -0.25) is 0 Å². The molecule has 0 aromatic carbocycles. The second kappa shape index (κ2) is 6.01. The molecule has 0 saturated heterocycles. The maximum Gasteiger partial charge on any atom is 0.328 e. The van der Waals surface area contributed by atoms with Crippen molar-refractivity contribution in [1.29, 1.82) is 0 Å². The number of amides is 2. The predicted octanol–water partition coefficient (Wildman–Crippen LogP) is -0.993. The number of urea groups is 1. The van der Waals surface area contributed by atoms with Crippen molar-refractivity contribution in [3.8, 4) is 0 Å². The van der Waals surface area contributed by atoms with E-state index in [9.17, 15) is 9.59 Å². The average molecular weight is 256 g/mol. The normalized spacial score (nSPS) is 11.9. The monoisotopic (exact) mass is 256 g/mol. The van der Waals surface area contributed by atoms with Gasteiger partial charge in [-0.05, 0) is 0 Å². The molecule has 0 radical (unpaired) electrons. The lowest BCUT2D eigenvalue weighted by Crippen LogP contribution is -2.48. The zero-order chi connectivity index (χ0) is 13.7. The lowest BCUT2D eigenvalue weighted by molar-refractivity contribution is -0.140. The molecule has 0 bridgehead atoms. The first kappa shape index (κ1) is 14.0. The van der Waals surface area contributed by atoms with E-state index in [2.05, 4.69) is 10.3 Å². The quantitative estimate of drug-likeness (QED) is 0.626. The van der Waals surface area contributed by atoms with Crippen molar-refractivity contribution in [2.24, 2.45) is 7.05 Å². The average Bonchev–Trinajstić information content (AvgIpc) is 2.71. The Morgan fingerprint density at radius 2 is 2.28 bits per heavy atom. The standard InChI is InChI=1S/C10H16N4O4/c1-13-4-3-11-8(13)5-14(2)10(18)12-7(6-15)9(16)17/h3-4,7,15H,5-6H2,1-2H3,(H,12,18)(H,16,17)/t7-/m0/s1. The van der Waals surface area contributed by atoms with Gasteiger partial charge in [-0.25, -0.2) is 14.6 Å². The Hall–Kier alpha value is -2.09. The summed E-state index contributed by atoms with van der Waals surface area (Å²) >= 11 is 0. The molecule has 0 aliphatic rings. The lowest BCUT2D eigenvalue weighted by atomic mass is 10.3. The molecule has 18 heavy (non-hydrogen) atoms. The van der Waals surface area contributed by atoms with Crippen molar-refractivity contribution in [3.05, 3.63) is 18.2 Å². The zero-order valence-electron chi connectivity index (χ0n) is 10.2. The number of carboxylic acid groups (broad SMARTS) is 1. The zero-order valence-corrected chi connectivity index (χ0v) is 10.2. The summed E-state index contributed by atoms with van der Waals surface area (Å²) in [4.78, 5) is 27.6. The number of aryl methyl sites for hydroxylation is 1. The maximum absolute atomic E-state index is 11.7. The summed E-state index contributed by atoms with van der Waals surface area (Å²) in [6, 6.07) is -1.89. The molecule has 0 unspecified atom stereocenters. The van der Waals surface area contributed by atoms with Crippen LogP contribution in [0.2, 0.25) is 0 Å². The van der Waals surface area contributed by atoms with Crippen LogP contribution in [-0.4, -0.2) is 56.4 Å². The van der Waals surface area contributed by atoms with Crippen LogP contribution in [0.4, 0.5) is 4.79 Å². The molecule has 1 atom stereocenters. The van der Waals surface area contributed by atoms with Crippen LogP contribution in [0.5, 0.6) is 0 Å². The molecule has 1 aromatic rings. The van der Waals surface area contributed by atoms with Crippen LogP contribution in [-0.2, 0) is 18.4 Å². The highest BCUT2D eigenvalue weighted by atomic mass is 16.4. The van der Waals surface area contributed by atoms with Crippen LogP contribution in [0.15, 0.2) is 12.4 Å². The first-order valence-corrected chi connectivity index (χ1v) is 5.27. The molecule has 0 spiro atoms. The summed E-state index contributed by atoms with van der Waals surface area (Å²) in [5.41, 5.74) is 0. The van der Waals surface area contributed by atoms with Gasteiger partial charge >= 0.3 is 12.0 Å². The number of nitrogens with one attached hydrogen (secondary N) is 1. The number of aromatic nitrogens is 2. The summed E-state index contributed by atoms with van der Waals surface area (Å²) in [5, 5.41) is 19.7. The fourth-order valence-electron chi connectivity index (χ4n) is 1.28. The van der Waals surface area contributed by atoms with Gasteiger partial charge in [0.1, 0.15) is 5.82 Å². The molecular weight excluding hydrogens is 240 g/mol. The van der Waals surface area contributed by atoms with E-state index in [1.807, 2.05) is 0 Å². The molecule has 8 nitrogen and oxygen atoms in total. The van der Waals surface area contributed by atoms with Crippen LogP contribution in [0, 0.1) is 0 Å². The van der Waals surface area contributed by atoms with Crippen LogP contribution in [0.3, 0.4) is 0 Å². The molecule has 1 heterocycles. The van der Waals surface area contributed by atoms with Gasteiger partial charge in [0.05, 0.1) is 13.2 Å². The van der Waals surface area contributed by atoms with E-state index in [1.54, 1.807) is 24.0 Å². The van der Waals surface area contributed by atoms with E-state index in [0.29, 0.717) is 5.82 Å². The van der Waals surface area contributed by atoms with Crippen molar-refractivity contribution < 1.29 is 19.8 Å². The van der Waals surface area contributed by atoms with Crippen LogP contribution in [0.1, 0.15) is 5.82 Å². The molecule has 3 N–H and O–H groups in total. The number of hydrogen-bond donors (Lipinski definition) is 3. The molecule has 8 heteroatoms. The number of hydrogen-bond acceptors (Lipinski definition) is 4. The number of rotatable bonds is 5. The SMILES string of the molecule is CN(Cc1nccn1C)C(=O)N[C@@H](CO)C(=O)O. The van der Waals surface area contributed by atoms with E-state index in [-0.39, 0.29) is 6.54 Å². The summed E-state index contributed by atoms with van der Waals surface area (Å²) in [6.45, 7) is -0.412. The van der Waals surface area contributed by atoms with Crippen molar-refractivity contribution >= 4 is 12.0 Å². The number of aliphatic carboxylic acids is 1. The Morgan fingerprint density at radius 3 is 2.72 bits per heavy atom. The number of imidazole rings is 1. The van der Waals surface area contributed by atoms with E-state index in [1.165, 1.54) is 11.9 Å². The van der Waals surface area contributed by atoms with Gasteiger partial charge in [-0.15, -0.1) is 0 Å². The molecule has 0 aliphatic carbocycles. The number of aliphatic hydroxyl groups excluding tert-OH is 1. The van der Waals surface area contributed by atoms with Gasteiger partial charge in [0.2, 0.25) is 0 Å². The topological polar surface area (TPSA) is 108 Å². The molecule has 0 aliphatic heterocycles. The molecule has 0 fully saturated rings. The van der Waals surface area contributed by atoms with Gasteiger partial charge in [0, 0.05) is 26.5 Å². The molecule has 100 valence electrons. The first-order valence-electron chi connectivity index (χ1n) is 5.27. The lowest BCUT2D eigenvalue weighted by Gasteiger charge is -2.20. The Bertz CT molecular complexity index is 431. The number of carbonyl (C=O) groups excluding carboxylic acids is 1. The van der Waals surface area contributed by atoms with Gasteiger partial charge in [-0.1, -0.05) is 0 Å². The van der Waals surface area contributed by atoms with Crippen molar-refractivity contribution in [3.63, 3.8) is 0 Å². The van der Waals surface area contributed by atoms with Gasteiger partial charge < -0.3 is 25.0 Å². The molecular formula is C10H16N4O4. The minimum atomic E-state index is -1.30. The first-order chi connectivity index (χ1) is 8.45. The summed E-state index contributed by atoms with van der Waals surface area (Å²) in [6.07, 6.45) is 3.35. The second-order valence-corrected chi connectivity index (χ2v) is 3.83. The Kier molecular flexibility index (Phi) is 4.67. The third-order valence-electron chi connectivity index (χ3n) is 2.42. The number of aliphatic hydroxyl groups is 1. The van der Waals surface area contributed by atoms with Crippen LogP contribution >= 0.6 is 0 Å². The van der Waals surface area contributed by atoms with Crippen LogP contribution in [0.25, 0.3) is 0 Å². The third-order valence-corrected chi connectivity index (χ3v) is 2.42. The summed E-state index contributed by atoms with van der Waals surface area (Å²) < 4.78 is 1.75. The number of nitrogens with zero attached hydrogens (tertiary/aromatic N) is 3. The molecule has 0 saturated carbocycles. The van der Waals surface area contributed by atoms with E-state index in [4.69, 9.17) is 10.2 Å². The fraction of sp³-hybridized carbons (Fsp3) is 0.500. The highest BCUT2D eigenvalue weighted by molar-refractivity contribution is 5.82. The highest BCUT2D eigenvalue weighted by Gasteiger charge is 2.21. The van der Waals surface area contributed by atoms with Crippen molar-refractivity contribution in [1.82, 2.24) is 19.8 Å². The maximum atomic E-state index is 11.7. The minimum absolute atomic E-state index is 0.243. The molecule has 1 rings (SSSR count). The summed E-state index contributed by atoms with van der Waals surface area (Å²) in [7, 11) is 3.31. The smallest absolute Gasteiger partial charge is 0.328 e. The van der Waals surface area contributed by atoms with Gasteiger partial charge in [0.15, 0.2) is 6.04 Å². The van der Waals surface area contributed by atoms with Crippen molar-refractivity contribution in [2.45, 2.75) is 12.6 Å². The highest BCUT2D eigenvalue weighted by Crippen LogP contribution is 2.00. The van der Waals surface area contributed by atoms with Crippen LogP contribution < -0.4 is 5.32 Å². The number of carboxylic acids is 1. The predicted molar refractivity (Wildman–Crippen MR) is 61.7 cm³/mol. The Labute approximate surface area is 104 Å². The van der Waals surface area contributed by atoms with Gasteiger partial charge in [-0.2, -0.15) is 0 Å². The third kappa shape index (κ3) is 3.45. The second-order valence-electron chi connectivity index (χ2n) is 3.83. The molecule has 1 aromatic heterocycles. The fourth-order valence-corrected chi connectivity index (χ4v) is 1.28. The van der Waals surface area contributed by atoms with E-state index < -0.39 is 24.6 Å². The van der Waals surface area contributed by atoms with E-state index in [0.717, 1.165) is 0 Å². The Balaban J connectivity index is 2.56. The summed E-state index contributed by atoms with van der Waals surface area (Å²) in [5.74, 6) is -0.611. The van der Waals surface area contributed by atoms with Gasteiger partial charge in [0.25, 0.3) is 0 Å². The largest absolute Gasteiger partial charge is 0.480 e. The number of carbonyl (C=O) groups is 2. The molecule has 2 amide bonds. The van der Waals surface area contributed by atoms with Crippen molar-refractivity contribution in [2.75, 3.05) is 13.7 Å².